The third kappa shape index (κ3) is 3.97. The molecule has 1 N–H and O–H groups in total. The molecule has 1 amide bonds. The molecule has 0 atom stereocenters. The second-order valence-corrected chi connectivity index (χ2v) is 6.51. The van der Waals surface area contributed by atoms with Gasteiger partial charge in [0.25, 0.3) is 5.91 Å². The van der Waals surface area contributed by atoms with E-state index in [1.807, 2.05) is 6.07 Å². The first kappa shape index (κ1) is 17.0. The van der Waals surface area contributed by atoms with E-state index in [0.717, 1.165) is 17.8 Å². The number of hydrogen-bond donors (Lipinski definition) is 1. The Morgan fingerprint density at radius 2 is 1.64 bits per heavy atom. The lowest BCUT2D eigenvalue weighted by Crippen LogP contribution is -2.16. The summed E-state index contributed by atoms with van der Waals surface area (Å²) in [6, 6.07) is 15.7. The van der Waals surface area contributed by atoms with E-state index in [9.17, 15) is 9.59 Å². The van der Waals surface area contributed by atoms with Crippen molar-refractivity contribution in [3.05, 3.63) is 76.3 Å². The average Bonchev–Trinajstić information content (AvgIpc) is 3.09. The summed E-state index contributed by atoms with van der Waals surface area (Å²) in [4.78, 5) is 25.3. The Hall–Kier alpha value is -2.86. The molecule has 3 rings (SSSR count). The van der Waals surface area contributed by atoms with Crippen LogP contribution in [0.3, 0.4) is 0 Å². The Bertz CT molecular complexity index is 890. The van der Waals surface area contributed by atoms with Gasteiger partial charge in [-0.05, 0) is 12.5 Å². The van der Waals surface area contributed by atoms with E-state index in [-0.39, 0.29) is 11.7 Å². The third-order valence-corrected chi connectivity index (χ3v) is 4.50. The average molecular weight is 351 g/mol. The summed E-state index contributed by atoms with van der Waals surface area (Å²) < 4.78 is 0. The Kier molecular flexibility index (Phi) is 5.30. The zero-order chi connectivity index (χ0) is 17.6. The summed E-state index contributed by atoms with van der Waals surface area (Å²) in [5.41, 5.74) is 1.23. The largest absolute Gasteiger partial charge is 0.296 e. The molecule has 1 heterocycles. The lowest BCUT2D eigenvalue weighted by Gasteiger charge is -2.08. The lowest BCUT2D eigenvalue weighted by molar-refractivity contribution is 0.0996. The summed E-state index contributed by atoms with van der Waals surface area (Å²) in [5, 5.41) is 12.1. The predicted molar refractivity (Wildman–Crippen MR) is 98.2 cm³/mol. The van der Waals surface area contributed by atoms with Crippen molar-refractivity contribution >= 4 is 28.2 Å². The van der Waals surface area contributed by atoms with Crippen LogP contribution >= 0.6 is 11.3 Å². The molecule has 0 aliphatic rings. The number of hydrogen-bond acceptors (Lipinski definition) is 5. The minimum absolute atomic E-state index is 0.185. The summed E-state index contributed by atoms with van der Waals surface area (Å²) in [6.07, 6.45) is 1.80. The number of rotatable bonds is 6. The van der Waals surface area contributed by atoms with Gasteiger partial charge in [-0.1, -0.05) is 66.8 Å². The number of nitrogens with one attached hydrogen (secondary N) is 1. The standard InChI is InChI=1S/C19H17N3O2S/c1-2-8-16-21-22-19(25-16)20-18(24)15-12-7-6-11-14(15)17(23)13-9-4-3-5-10-13/h3-7,9-12H,2,8H2,1H3,(H,20,22,24). The fraction of sp³-hybridized carbons (Fsp3) is 0.158. The third-order valence-electron chi connectivity index (χ3n) is 3.60. The second kappa shape index (κ2) is 7.81. The predicted octanol–water partition coefficient (Wildman–Crippen LogP) is 3.97. The Balaban J connectivity index is 1.84. The number of carbonyl (C=O) groups excluding carboxylic acids is 2. The van der Waals surface area contributed by atoms with Crippen molar-refractivity contribution in [2.24, 2.45) is 0 Å². The molecule has 0 saturated heterocycles. The van der Waals surface area contributed by atoms with Gasteiger partial charge in [0.2, 0.25) is 5.13 Å². The van der Waals surface area contributed by atoms with Gasteiger partial charge in [-0.3, -0.25) is 14.9 Å². The monoisotopic (exact) mass is 351 g/mol. The molecule has 0 unspecified atom stereocenters. The molecule has 0 saturated carbocycles. The lowest BCUT2D eigenvalue weighted by atomic mass is 9.98. The highest BCUT2D eigenvalue weighted by Crippen LogP contribution is 2.20. The smallest absolute Gasteiger partial charge is 0.258 e. The first-order chi connectivity index (χ1) is 12.2. The van der Waals surface area contributed by atoms with Gasteiger partial charge < -0.3 is 0 Å². The van der Waals surface area contributed by atoms with Gasteiger partial charge in [-0.2, -0.15) is 0 Å². The van der Waals surface area contributed by atoms with E-state index in [0.29, 0.717) is 21.8 Å². The van der Waals surface area contributed by atoms with Crippen molar-refractivity contribution in [2.45, 2.75) is 19.8 Å². The van der Waals surface area contributed by atoms with Gasteiger partial charge in [-0.25, -0.2) is 0 Å². The highest BCUT2D eigenvalue weighted by molar-refractivity contribution is 7.15. The van der Waals surface area contributed by atoms with Crippen molar-refractivity contribution in [1.82, 2.24) is 10.2 Å². The molecule has 6 heteroatoms. The van der Waals surface area contributed by atoms with Crippen LogP contribution in [-0.4, -0.2) is 21.9 Å². The topological polar surface area (TPSA) is 72.0 Å². The quantitative estimate of drug-likeness (QED) is 0.682. The molecule has 0 radical (unpaired) electrons. The van der Waals surface area contributed by atoms with Crippen LogP contribution in [0.1, 0.15) is 44.6 Å². The number of benzene rings is 2. The van der Waals surface area contributed by atoms with Gasteiger partial charge in [0.05, 0.1) is 5.56 Å². The van der Waals surface area contributed by atoms with Crippen molar-refractivity contribution in [2.75, 3.05) is 5.32 Å². The van der Waals surface area contributed by atoms with Crippen molar-refractivity contribution < 1.29 is 9.59 Å². The molecule has 0 aliphatic carbocycles. The number of aromatic nitrogens is 2. The number of amides is 1. The molecule has 0 aliphatic heterocycles. The number of anilines is 1. The van der Waals surface area contributed by atoms with Crippen molar-refractivity contribution in [3.63, 3.8) is 0 Å². The number of ketones is 1. The zero-order valence-corrected chi connectivity index (χ0v) is 14.5. The van der Waals surface area contributed by atoms with Crippen LogP contribution in [-0.2, 0) is 6.42 Å². The maximum absolute atomic E-state index is 12.7. The highest BCUT2D eigenvalue weighted by Gasteiger charge is 2.19. The Morgan fingerprint density at radius 1 is 0.960 bits per heavy atom. The summed E-state index contributed by atoms with van der Waals surface area (Å²) in [5.74, 6) is -0.547. The summed E-state index contributed by atoms with van der Waals surface area (Å²) in [6.45, 7) is 2.06. The van der Waals surface area contributed by atoms with Crippen LogP contribution in [0.25, 0.3) is 0 Å². The maximum Gasteiger partial charge on any atom is 0.258 e. The number of aryl methyl sites for hydroxylation is 1. The molecule has 0 spiro atoms. The minimum atomic E-state index is -0.362. The Morgan fingerprint density at radius 3 is 2.36 bits per heavy atom. The number of nitrogens with zero attached hydrogens (tertiary/aromatic N) is 2. The molecular weight excluding hydrogens is 334 g/mol. The highest BCUT2D eigenvalue weighted by atomic mass is 32.1. The molecule has 0 bridgehead atoms. The first-order valence-corrected chi connectivity index (χ1v) is 8.83. The van der Waals surface area contributed by atoms with Crippen molar-refractivity contribution in [3.8, 4) is 0 Å². The van der Waals surface area contributed by atoms with E-state index in [2.05, 4.69) is 22.4 Å². The number of carbonyl (C=O) groups is 2. The first-order valence-electron chi connectivity index (χ1n) is 8.01. The molecule has 25 heavy (non-hydrogen) atoms. The Labute approximate surface area is 149 Å². The van der Waals surface area contributed by atoms with E-state index in [1.165, 1.54) is 11.3 Å². The van der Waals surface area contributed by atoms with Gasteiger partial charge in [0.15, 0.2) is 5.78 Å². The minimum Gasteiger partial charge on any atom is -0.296 e. The van der Waals surface area contributed by atoms with E-state index < -0.39 is 0 Å². The summed E-state index contributed by atoms with van der Waals surface area (Å²) in [7, 11) is 0. The molecule has 1 aromatic heterocycles. The fourth-order valence-electron chi connectivity index (χ4n) is 2.41. The fourth-order valence-corrected chi connectivity index (χ4v) is 3.24. The van der Waals surface area contributed by atoms with Gasteiger partial charge in [-0.15, -0.1) is 10.2 Å². The zero-order valence-electron chi connectivity index (χ0n) is 13.7. The van der Waals surface area contributed by atoms with Crippen LogP contribution in [0.15, 0.2) is 54.6 Å². The molecule has 5 nitrogen and oxygen atoms in total. The summed E-state index contributed by atoms with van der Waals surface area (Å²) >= 11 is 1.35. The molecule has 2 aromatic carbocycles. The van der Waals surface area contributed by atoms with Crippen LogP contribution < -0.4 is 5.32 Å². The van der Waals surface area contributed by atoms with E-state index in [1.54, 1.807) is 48.5 Å². The van der Waals surface area contributed by atoms with Crippen molar-refractivity contribution in [1.29, 1.82) is 0 Å². The van der Waals surface area contributed by atoms with Gasteiger partial charge in [0, 0.05) is 17.5 Å². The van der Waals surface area contributed by atoms with Crippen LogP contribution in [0.5, 0.6) is 0 Å². The second-order valence-electron chi connectivity index (χ2n) is 5.45. The van der Waals surface area contributed by atoms with E-state index >= 15 is 0 Å². The SMILES string of the molecule is CCCc1nnc(NC(=O)c2ccccc2C(=O)c2ccccc2)s1. The normalized spacial score (nSPS) is 10.4. The van der Waals surface area contributed by atoms with Crippen LogP contribution in [0.4, 0.5) is 5.13 Å². The van der Waals surface area contributed by atoms with E-state index in [4.69, 9.17) is 0 Å². The van der Waals surface area contributed by atoms with Gasteiger partial charge in [0.1, 0.15) is 5.01 Å². The molecule has 0 fully saturated rings. The molecular formula is C19H17N3O2S. The maximum atomic E-state index is 12.7. The molecule has 3 aromatic rings. The van der Waals surface area contributed by atoms with Crippen LogP contribution in [0.2, 0.25) is 0 Å². The van der Waals surface area contributed by atoms with Crippen LogP contribution in [0, 0.1) is 0 Å². The van der Waals surface area contributed by atoms with Gasteiger partial charge >= 0.3 is 0 Å². The molecule has 126 valence electrons.